The molecule has 35 heavy (non-hydrogen) atoms. The van der Waals surface area contributed by atoms with Gasteiger partial charge in [0.05, 0.1) is 11.0 Å². The number of aryl methyl sites for hydroxylation is 2. The van der Waals surface area contributed by atoms with Gasteiger partial charge in [0.2, 0.25) is 5.91 Å². The van der Waals surface area contributed by atoms with Gasteiger partial charge < -0.3 is 9.88 Å². The van der Waals surface area contributed by atoms with Crippen LogP contribution in [0.15, 0.2) is 36.9 Å². The minimum atomic E-state index is -0.0834. The summed E-state index contributed by atoms with van der Waals surface area (Å²) in [7, 11) is 0. The second-order valence-corrected chi connectivity index (χ2v) is 10.1. The second-order valence-electron chi connectivity index (χ2n) is 10.1. The molecule has 0 radical (unpaired) electrons. The molecule has 4 nitrogen and oxygen atoms in total. The number of nitrogens with one attached hydrogen (secondary N) is 1. The Bertz CT molecular complexity index is 826. The quantitative estimate of drug-likeness (QED) is 0.135. The Labute approximate surface area is 215 Å². The van der Waals surface area contributed by atoms with Crippen molar-refractivity contribution in [2.45, 2.75) is 129 Å². The third kappa shape index (κ3) is 12.4. The van der Waals surface area contributed by atoms with E-state index in [0.29, 0.717) is 0 Å². The summed E-state index contributed by atoms with van der Waals surface area (Å²) >= 11 is 0. The molecule has 0 saturated carbocycles. The van der Waals surface area contributed by atoms with E-state index in [1.54, 1.807) is 0 Å². The number of amides is 1. The molecule has 1 amide bonds. The first-order valence-electron chi connectivity index (χ1n) is 14.6. The van der Waals surface area contributed by atoms with E-state index in [2.05, 4.69) is 47.7 Å². The number of hydrogen-bond donors (Lipinski definition) is 1. The van der Waals surface area contributed by atoms with E-state index in [4.69, 9.17) is 4.98 Å². The number of fused-ring (bicyclic) bond motifs is 1. The van der Waals surface area contributed by atoms with Crippen LogP contribution in [0.2, 0.25) is 0 Å². The molecule has 0 saturated heterocycles. The number of nitrogens with zero attached hydrogens (tertiary/aromatic N) is 2. The van der Waals surface area contributed by atoms with Gasteiger partial charge in [-0.1, -0.05) is 116 Å². The summed E-state index contributed by atoms with van der Waals surface area (Å²) in [6.07, 6.45) is 25.0. The molecule has 0 aliphatic heterocycles. The molecule has 196 valence electrons. The average Bonchev–Trinajstić information content (AvgIpc) is 3.23. The van der Waals surface area contributed by atoms with Crippen LogP contribution in [-0.4, -0.2) is 22.0 Å². The Morgan fingerprint density at radius 3 is 2.03 bits per heavy atom. The molecule has 0 bridgehead atoms. The van der Waals surface area contributed by atoms with E-state index < -0.39 is 0 Å². The molecule has 1 aromatic carbocycles. The van der Waals surface area contributed by atoms with Gasteiger partial charge in [-0.3, -0.25) is 4.79 Å². The predicted molar refractivity (Wildman–Crippen MR) is 151 cm³/mol. The minimum Gasteiger partial charge on any atom is -0.353 e. The molecule has 0 fully saturated rings. The van der Waals surface area contributed by atoms with Crippen LogP contribution in [0, 0.1) is 0 Å². The van der Waals surface area contributed by atoms with E-state index in [-0.39, 0.29) is 5.91 Å². The summed E-state index contributed by atoms with van der Waals surface area (Å²) in [5.74, 6) is 1.14. The van der Waals surface area contributed by atoms with Crippen LogP contribution in [-0.2, 0) is 17.8 Å². The maximum Gasteiger partial charge on any atom is 0.243 e. The SMILES string of the molecule is C=CC(=O)NCCCCCc1nc2ccccc2n1CCCCCCCCCCCCCCCC. The number of imidazole rings is 1. The van der Waals surface area contributed by atoms with Crippen molar-refractivity contribution in [3.8, 4) is 0 Å². The molecule has 0 aliphatic carbocycles. The van der Waals surface area contributed by atoms with Crippen molar-refractivity contribution in [3.05, 3.63) is 42.7 Å². The molecule has 2 aromatic rings. The zero-order valence-electron chi connectivity index (χ0n) is 22.5. The number of hydrogen-bond acceptors (Lipinski definition) is 2. The summed E-state index contributed by atoms with van der Waals surface area (Å²) in [5.41, 5.74) is 2.39. The number of carbonyl (C=O) groups excluding carboxylic acids is 1. The second kappa shape index (κ2) is 19.1. The van der Waals surface area contributed by atoms with E-state index >= 15 is 0 Å². The number of rotatable bonds is 22. The van der Waals surface area contributed by atoms with E-state index in [9.17, 15) is 4.79 Å². The van der Waals surface area contributed by atoms with E-state index in [0.717, 1.165) is 44.3 Å². The summed E-state index contributed by atoms with van der Waals surface area (Å²) < 4.78 is 2.45. The highest BCUT2D eigenvalue weighted by molar-refractivity contribution is 5.86. The van der Waals surface area contributed by atoms with Crippen molar-refractivity contribution in [1.29, 1.82) is 0 Å². The van der Waals surface area contributed by atoms with Crippen LogP contribution in [0.25, 0.3) is 11.0 Å². The van der Waals surface area contributed by atoms with Crippen molar-refractivity contribution in [3.63, 3.8) is 0 Å². The highest BCUT2D eigenvalue weighted by atomic mass is 16.1. The maximum absolute atomic E-state index is 11.2. The van der Waals surface area contributed by atoms with Gasteiger partial charge in [0.25, 0.3) is 0 Å². The molecule has 4 heteroatoms. The van der Waals surface area contributed by atoms with Crippen molar-refractivity contribution in [2.24, 2.45) is 0 Å². The van der Waals surface area contributed by atoms with E-state index in [1.807, 2.05) is 0 Å². The fourth-order valence-electron chi connectivity index (χ4n) is 4.90. The lowest BCUT2D eigenvalue weighted by molar-refractivity contribution is -0.116. The standard InChI is InChI=1S/C31H51N3O/c1-3-5-6-7-8-9-10-11-12-13-14-15-16-22-27-34-29-24-20-19-23-28(29)33-30(34)25-18-17-21-26-32-31(35)4-2/h4,19-20,23-24H,2-3,5-18,21-22,25-27H2,1H3,(H,32,35). The van der Waals surface area contributed by atoms with Crippen LogP contribution in [0.4, 0.5) is 0 Å². The van der Waals surface area contributed by atoms with E-state index in [1.165, 1.54) is 107 Å². The fourth-order valence-corrected chi connectivity index (χ4v) is 4.90. The number of aromatic nitrogens is 2. The number of carbonyl (C=O) groups is 1. The summed E-state index contributed by atoms with van der Waals surface area (Å²) in [5, 5.41) is 2.86. The average molecular weight is 482 g/mol. The zero-order valence-corrected chi connectivity index (χ0v) is 22.5. The molecule has 1 heterocycles. The summed E-state index contributed by atoms with van der Waals surface area (Å²) in [6.45, 7) is 7.58. The van der Waals surface area contributed by atoms with Crippen LogP contribution < -0.4 is 5.32 Å². The van der Waals surface area contributed by atoms with Crippen molar-refractivity contribution in [1.82, 2.24) is 14.9 Å². The lowest BCUT2D eigenvalue weighted by Crippen LogP contribution is -2.21. The first kappa shape index (κ1) is 29.1. The van der Waals surface area contributed by atoms with Gasteiger partial charge in [0.1, 0.15) is 5.82 Å². The molecule has 0 aliphatic rings. The van der Waals surface area contributed by atoms with Crippen LogP contribution >= 0.6 is 0 Å². The topological polar surface area (TPSA) is 46.9 Å². The molecule has 0 unspecified atom stereocenters. The molecule has 1 aromatic heterocycles. The smallest absolute Gasteiger partial charge is 0.243 e. The largest absolute Gasteiger partial charge is 0.353 e. The first-order valence-corrected chi connectivity index (χ1v) is 14.6. The molecule has 0 atom stereocenters. The Kier molecular flexibility index (Phi) is 15.9. The highest BCUT2D eigenvalue weighted by Gasteiger charge is 2.10. The van der Waals surface area contributed by atoms with Crippen LogP contribution in [0.3, 0.4) is 0 Å². The van der Waals surface area contributed by atoms with Gasteiger partial charge in [-0.15, -0.1) is 0 Å². The first-order chi connectivity index (χ1) is 17.3. The highest BCUT2D eigenvalue weighted by Crippen LogP contribution is 2.20. The number of unbranched alkanes of at least 4 members (excludes halogenated alkanes) is 15. The Morgan fingerprint density at radius 1 is 0.829 bits per heavy atom. The molecule has 2 rings (SSSR count). The lowest BCUT2D eigenvalue weighted by atomic mass is 10.0. The maximum atomic E-state index is 11.2. The predicted octanol–water partition coefficient (Wildman–Crippen LogP) is 8.53. The van der Waals surface area contributed by atoms with Crippen molar-refractivity contribution in [2.75, 3.05) is 6.54 Å². The molecular weight excluding hydrogens is 430 g/mol. The van der Waals surface area contributed by atoms with Crippen molar-refractivity contribution < 1.29 is 4.79 Å². The van der Waals surface area contributed by atoms with Gasteiger partial charge in [0, 0.05) is 19.5 Å². The Morgan fingerprint density at radius 2 is 1.40 bits per heavy atom. The summed E-state index contributed by atoms with van der Waals surface area (Å²) in [4.78, 5) is 16.2. The zero-order chi connectivity index (χ0) is 25.0. The van der Waals surface area contributed by atoms with Gasteiger partial charge in [0.15, 0.2) is 0 Å². The van der Waals surface area contributed by atoms with Gasteiger partial charge in [-0.05, 0) is 37.5 Å². The van der Waals surface area contributed by atoms with Crippen LogP contribution in [0.1, 0.15) is 122 Å². The van der Waals surface area contributed by atoms with Crippen molar-refractivity contribution >= 4 is 16.9 Å². The molecule has 0 spiro atoms. The number of para-hydroxylation sites is 2. The minimum absolute atomic E-state index is 0.0834. The normalized spacial score (nSPS) is 11.2. The monoisotopic (exact) mass is 481 g/mol. The Balaban J connectivity index is 1.59. The van der Waals surface area contributed by atoms with Gasteiger partial charge in [-0.25, -0.2) is 4.98 Å². The third-order valence-corrected chi connectivity index (χ3v) is 7.03. The Hall–Kier alpha value is -2.10. The lowest BCUT2D eigenvalue weighted by Gasteiger charge is -2.10. The van der Waals surface area contributed by atoms with Gasteiger partial charge in [-0.2, -0.15) is 0 Å². The molecule has 1 N–H and O–H groups in total. The number of benzene rings is 1. The fraction of sp³-hybridized carbons (Fsp3) is 0.677. The third-order valence-electron chi connectivity index (χ3n) is 7.03. The van der Waals surface area contributed by atoms with Gasteiger partial charge >= 0.3 is 0 Å². The molecular formula is C31H51N3O. The summed E-state index contributed by atoms with van der Waals surface area (Å²) in [6, 6.07) is 8.54. The van der Waals surface area contributed by atoms with Crippen LogP contribution in [0.5, 0.6) is 0 Å².